The van der Waals surface area contributed by atoms with E-state index in [4.69, 9.17) is 16.3 Å². The van der Waals surface area contributed by atoms with Gasteiger partial charge in [0.25, 0.3) is 0 Å². The third kappa shape index (κ3) is 3.66. The van der Waals surface area contributed by atoms with E-state index in [1.165, 1.54) is 0 Å². The van der Waals surface area contributed by atoms with Gasteiger partial charge in [0.15, 0.2) is 0 Å². The van der Waals surface area contributed by atoms with E-state index in [-0.39, 0.29) is 30.7 Å². The van der Waals surface area contributed by atoms with Crippen molar-refractivity contribution in [2.45, 2.75) is 24.5 Å². The average Bonchev–Trinajstić information content (AvgIpc) is 2.73. The second kappa shape index (κ2) is 7.93. The third-order valence-corrected chi connectivity index (χ3v) is 6.61. The Labute approximate surface area is 180 Å². The van der Waals surface area contributed by atoms with Gasteiger partial charge in [-0.15, -0.1) is 0 Å². The van der Waals surface area contributed by atoms with Crippen LogP contribution in [0.2, 0.25) is 5.02 Å². The summed E-state index contributed by atoms with van der Waals surface area (Å²) in [4.78, 5) is 28.2. The van der Waals surface area contributed by atoms with Gasteiger partial charge in [-0.05, 0) is 23.6 Å². The second-order valence-corrected chi connectivity index (χ2v) is 8.66. The smallest absolute Gasteiger partial charge is 0.320 e. The summed E-state index contributed by atoms with van der Waals surface area (Å²) in [5.41, 5.74) is 3.28. The first-order chi connectivity index (χ1) is 14.6. The fourth-order valence-corrected chi connectivity index (χ4v) is 4.85. The van der Waals surface area contributed by atoms with E-state index in [1.807, 2.05) is 46.2 Å². The normalized spacial score (nSPS) is 24.1. The molecule has 0 aromatic heterocycles. The Morgan fingerprint density at radius 2 is 1.87 bits per heavy atom. The molecule has 0 bridgehead atoms. The molecule has 2 unspecified atom stereocenters. The number of amides is 3. The number of nitrogens with zero attached hydrogens (tertiary/aromatic N) is 2. The van der Waals surface area contributed by atoms with Gasteiger partial charge in [-0.1, -0.05) is 54.1 Å². The maximum Gasteiger partial charge on any atom is 0.320 e. The van der Waals surface area contributed by atoms with Gasteiger partial charge in [-0.2, -0.15) is 0 Å². The highest BCUT2D eigenvalue weighted by Gasteiger charge is 2.40. The molecule has 0 saturated carbocycles. The number of hydrogen-bond donors (Lipinski definition) is 1. The van der Waals surface area contributed by atoms with Crippen LogP contribution in [0.4, 0.5) is 4.79 Å². The summed E-state index contributed by atoms with van der Waals surface area (Å²) in [5, 5.41) is 3.68. The fraction of sp³-hybridized carbons (Fsp3) is 0.391. The largest absolute Gasteiger partial charge is 0.366 e. The van der Waals surface area contributed by atoms with Crippen molar-refractivity contribution >= 4 is 23.5 Å². The van der Waals surface area contributed by atoms with Crippen molar-refractivity contribution in [2.75, 3.05) is 32.8 Å². The summed E-state index contributed by atoms with van der Waals surface area (Å²) in [6, 6.07) is 16.2. The Morgan fingerprint density at radius 1 is 1.07 bits per heavy atom. The minimum atomic E-state index is -0.106. The number of morpholine rings is 1. The molecule has 3 saturated heterocycles. The molecule has 156 valence electrons. The van der Waals surface area contributed by atoms with Gasteiger partial charge >= 0.3 is 6.03 Å². The van der Waals surface area contributed by atoms with Gasteiger partial charge in [0.2, 0.25) is 5.91 Å². The molecule has 3 aliphatic heterocycles. The van der Waals surface area contributed by atoms with Gasteiger partial charge in [-0.25, -0.2) is 4.79 Å². The third-order valence-electron chi connectivity index (χ3n) is 6.30. The van der Waals surface area contributed by atoms with Crippen LogP contribution in [-0.2, 0) is 9.53 Å². The second-order valence-electron chi connectivity index (χ2n) is 8.25. The summed E-state index contributed by atoms with van der Waals surface area (Å²) < 4.78 is 5.57. The highest BCUT2D eigenvalue weighted by molar-refractivity contribution is 6.33. The number of fused-ring (bicyclic) bond motifs is 1. The van der Waals surface area contributed by atoms with Crippen molar-refractivity contribution in [3.8, 4) is 11.1 Å². The molecular weight excluding hydrogens is 402 g/mol. The highest BCUT2D eigenvalue weighted by atomic mass is 35.5. The van der Waals surface area contributed by atoms with Crippen LogP contribution in [0.1, 0.15) is 17.9 Å². The number of halogens is 1. The molecule has 5 rings (SSSR count). The number of piperidine rings is 1. The van der Waals surface area contributed by atoms with Gasteiger partial charge < -0.3 is 19.9 Å². The van der Waals surface area contributed by atoms with Crippen molar-refractivity contribution in [1.82, 2.24) is 15.1 Å². The lowest BCUT2D eigenvalue weighted by molar-refractivity contribution is -0.139. The predicted molar refractivity (Wildman–Crippen MR) is 114 cm³/mol. The molecule has 0 radical (unpaired) electrons. The van der Waals surface area contributed by atoms with Crippen molar-refractivity contribution in [3.05, 3.63) is 59.1 Å². The number of rotatable bonds is 2. The zero-order chi connectivity index (χ0) is 20.7. The maximum atomic E-state index is 12.9. The van der Waals surface area contributed by atoms with Crippen LogP contribution < -0.4 is 5.32 Å². The van der Waals surface area contributed by atoms with Crippen molar-refractivity contribution in [1.29, 1.82) is 0 Å². The van der Waals surface area contributed by atoms with Crippen molar-refractivity contribution in [2.24, 2.45) is 0 Å². The van der Waals surface area contributed by atoms with E-state index in [0.29, 0.717) is 32.1 Å². The molecule has 2 aromatic carbocycles. The number of ether oxygens (including phenoxy) is 1. The summed E-state index contributed by atoms with van der Waals surface area (Å²) in [7, 11) is 0. The van der Waals surface area contributed by atoms with E-state index in [1.54, 1.807) is 0 Å². The number of urea groups is 1. The molecule has 3 fully saturated rings. The van der Waals surface area contributed by atoms with Gasteiger partial charge in [0.1, 0.15) is 6.61 Å². The number of benzene rings is 2. The number of carbonyl (C=O) groups is 2. The minimum absolute atomic E-state index is 0.0150. The van der Waals surface area contributed by atoms with Gasteiger partial charge in [0.05, 0.1) is 12.1 Å². The number of likely N-dealkylation sites (tertiary alicyclic amines) is 2. The molecule has 30 heavy (non-hydrogen) atoms. The van der Waals surface area contributed by atoms with E-state index in [0.717, 1.165) is 28.1 Å². The fourth-order valence-electron chi connectivity index (χ4n) is 4.56. The van der Waals surface area contributed by atoms with E-state index in [2.05, 4.69) is 17.4 Å². The van der Waals surface area contributed by atoms with Crippen molar-refractivity contribution < 1.29 is 14.3 Å². The van der Waals surface area contributed by atoms with Crippen LogP contribution in [0.25, 0.3) is 11.1 Å². The molecule has 0 aliphatic carbocycles. The first-order valence-corrected chi connectivity index (χ1v) is 10.8. The Bertz CT molecular complexity index is 961. The van der Waals surface area contributed by atoms with Crippen LogP contribution in [-0.4, -0.2) is 66.7 Å². The summed E-state index contributed by atoms with van der Waals surface area (Å²) >= 11 is 6.55. The lowest BCUT2D eigenvalue weighted by Gasteiger charge is -2.46. The van der Waals surface area contributed by atoms with E-state index in [9.17, 15) is 9.59 Å². The number of carbonyl (C=O) groups excluding carboxylic acids is 2. The molecule has 3 heterocycles. The summed E-state index contributed by atoms with van der Waals surface area (Å²) in [5.74, 6) is 0.192. The molecule has 3 aliphatic rings. The monoisotopic (exact) mass is 425 g/mol. The molecule has 1 N–H and O–H groups in total. The molecule has 0 spiro atoms. The molecule has 7 heteroatoms. The lowest BCUT2D eigenvalue weighted by Crippen LogP contribution is -2.63. The van der Waals surface area contributed by atoms with E-state index >= 15 is 0 Å². The highest BCUT2D eigenvalue weighted by Crippen LogP contribution is 2.34. The Balaban J connectivity index is 1.20. The van der Waals surface area contributed by atoms with E-state index < -0.39 is 0 Å². The number of hydrogen-bond acceptors (Lipinski definition) is 3. The Hall–Kier alpha value is -2.57. The summed E-state index contributed by atoms with van der Waals surface area (Å²) in [6.07, 6.45) is 0.769. The predicted octanol–water partition coefficient (Wildman–Crippen LogP) is 3.12. The molecular formula is C23H24ClN3O3. The minimum Gasteiger partial charge on any atom is -0.366 e. The summed E-state index contributed by atoms with van der Waals surface area (Å²) in [6.45, 7) is 2.66. The zero-order valence-electron chi connectivity index (χ0n) is 16.6. The topological polar surface area (TPSA) is 61.9 Å². The van der Waals surface area contributed by atoms with Crippen LogP contribution >= 0.6 is 11.6 Å². The number of nitrogens with one attached hydrogen (secondary N) is 1. The molecule has 2 aromatic rings. The lowest BCUT2D eigenvalue weighted by atomic mass is 9.90. The van der Waals surface area contributed by atoms with Crippen LogP contribution in [0.15, 0.2) is 48.5 Å². The quantitative estimate of drug-likeness (QED) is 0.804. The van der Waals surface area contributed by atoms with Crippen molar-refractivity contribution in [3.63, 3.8) is 0 Å². The molecule has 6 nitrogen and oxygen atoms in total. The Kier molecular flexibility index (Phi) is 5.13. The average molecular weight is 426 g/mol. The maximum absolute atomic E-state index is 12.9. The van der Waals surface area contributed by atoms with Crippen LogP contribution in [0.3, 0.4) is 0 Å². The first-order valence-electron chi connectivity index (χ1n) is 10.4. The van der Waals surface area contributed by atoms with Crippen LogP contribution in [0.5, 0.6) is 0 Å². The van der Waals surface area contributed by atoms with Gasteiger partial charge in [-0.3, -0.25) is 4.79 Å². The molecule has 2 atom stereocenters. The first kappa shape index (κ1) is 19.4. The van der Waals surface area contributed by atoms with Gasteiger partial charge in [0, 0.05) is 42.7 Å². The molecule has 3 amide bonds. The van der Waals surface area contributed by atoms with Crippen LogP contribution in [0, 0.1) is 0 Å². The SMILES string of the molecule is O=C1COC2CCN(C(=O)N3CC(c4ccc(-c5ccccc5)c(Cl)c4)C3)CC2N1. The zero-order valence-corrected chi connectivity index (χ0v) is 17.3. The Morgan fingerprint density at radius 3 is 2.63 bits per heavy atom. The standard InChI is InChI=1S/C23H24ClN3O3/c24-19-10-16(6-7-18(19)15-4-2-1-3-5-15)17-11-27(12-17)23(29)26-9-8-21-20(13-26)25-22(28)14-30-21/h1-7,10,17,20-21H,8-9,11-14H2,(H,25,28).